The first kappa shape index (κ1) is 26.5. The van der Waals surface area contributed by atoms with E-state index >= 15 is 0 Å². The maximum atomic E-state index is 12.2. The van der Waals surface area contributed by atoms with Crippen molar-refractivity contribution in [3.8, 4) is 5.75 Å². The molecular weight excluding hydrogens is 473 g/mol. The summed E-state index contributed by atoms with van der Waals surface area (Å²) in [5.41, 5.74) is 8.11. The maximum absolute atomic E-state index is 12.2. The number of anilines is 3. The highest BCUT2D eigenvalue weighted by Crippen LogP contribution is 2.17. The largest absolute Gasteiger partial charge is 0.497 e. The summed E-state index contributed by atoms with van der Waals surface area (Å²) >= 11 is 0. The molecule has 35 heavy (non-hydrogen) atoms. The fourth-order valence-electron chi connectivity index (χ4n) is 2.54. The monoisotopic (exact) mass is 494 g/mol. The number of nitrogens with two attached hydrogens (primary N) is 1. The Hall–Kier alpha value is -4.75. The van der Waals surface area contributed by atoms with Crippen LogP contribution in [0.4, 0.5) is 35.0 Å². The van der Waals surface area contributed by atoms with Crippen LogP contribution < -0.4 is 26.4 Å². The van der Waals surface area contributed by atoms with E-state index in [-0.39, 0.29) is 11.7 Å². The molecule has 0 aliphatic heterocycles. The van der Waals surface area contributed by atoms with E-state index in [0.717, 1.165) is 5.56 Å². The molecule has 1 aromatic heterocycles. The van der Waals surface area contributed by atoms with Crippen LogP contribution >= 0.6 is 0 Å². The topological polar surface area (TPSA) is 171 Å². The molecule has 0 atom stereocenters. The van der Waals surface area contributed by atoms with E-state index in [9.17, 15) is 22.8 Å². The van der Waals surface area contributed by atoms with E-state index in [1.807, 2.05) is 18.2 Å². The molecule has 3 rings (SSSR count). The third kappa shape index (κ3) is 8.60. The molecule has 0 radical (unpaired) electrons. The van der Waals surface area contributed by atoms with Crippen LogP contribution in [-0.2, 0) is 11.3 Å². The van der Waals surface area contributed by atoms with Gasteiger partial charge in [-0.05, 0) is 42.0 Å². The number of alkyl halides is 3. The molecule has 0 aliphatic carbocycles. The standard InChI is InChI=1S/C19H20N6O3.C2HF3O2/c1-28-15-7-5-13(6-8-15)23-19(27)24-14-4-2-3-12(9-14)10-21-16-11-22-25-17(16)18(20)26;3-2(4,5)1(6)7/h2-9,11,21H,10H2,1H3,(H2,20,26)(H,22,25)(H2,23,24,27);(H,6,7). The van der Waals surface area contributed by atoms with E-state index in [4.69, 9.17) is 20.4 Å². The van der Waals surface area contributed by atoms with Crippen molar-refractivity contribution in [2.75, 3.05) is 23.1 Å². The Morgan fingerprint density at radius 2 is 1.71 bits per heavy atom. The molecule has 0 saturated carbocycles. The number of nitrogens with zero attached hydrogens (tertiary/aromatic N) is 1. The number of carboxylic acids is 1. The minimum atomic E-state index is -5.08. The Balaban J connectivity index is 0.000000540. The third-order valence-electron chi connectivity index (χ3n) is 4.13. The summed E-state index contributed by atoms with van der Waals surface area (Å²) in [7, 11) is 1.58. The fraction of sp³-hybridized carbons (Fsp3) is 0.143. The molecule has 11 nitrogen and oxygen atoms in total. The highest BCUT2D eigenvalue weighted by Gasteiger charge is 2.38. The number of carbonyl (C=O) groups excluding carboxylic acids is 2. The Bertz CT molecular complexity index is 1160. The van der Waals surface area contributed by atoms with E-state index in [1.54, 1.807) is 43.6 Å². The van der Waals surface area contributed by atoms with Crippen LogP contribution in [0.15, 0.2) is 54.7 Å². The Labute approximate surface area is 196 Å². The second-order valence-corrected chi connectivity index (χ2v) is 6.68. The number of halogens is 3. The second-order valence-electron chi connectivity index (χ2n) is 6.68. The van der Waals surface area contributed by atoms with Crippen molar-refractivity contribution in [3.63, 3.8) is 0 Å². The summed E-state index contributed by atoms with van der Waals surface area (Å²) in [4.78, 5) is 32.4. The minimum absolute atomic E-state index is 0.146. The molecule has 0 bridgehead atoms. The second kappa shape index (κ2) is 11.9. The number of ether oxygens (including phenoxy) is 1. The highest BCUT2D eigenvalue weighted by atomic mass is 19.4. The van der Waals surface area contributed by atoms with Gasteiger partial charge in [0.25, 0.3) is 5.91 Å². The van der Waals surface area contributed by atoms with Gasteiger partial charge in [-0.15, -0.1) is 0 Å². The number of hydrogen-bond donors (Lipinski definition) is 6. The summed E-state index contributed by atoms with van der Waals surface area (Å²) in [5.74, 6) is -2.66. The van der Waals surface area contributed by atoms with E-state index < -0.39 is 18.1 Å². The maximum Gasteiger partial charge on any atom is 0.490 e. The van der Waals surface area contributed by atoms with Gasteiger partial charge < -0.3 is 31.5 Å². The predicted molar refractivity (Wildman–Crippen MR) is 120 cm³/mol. The molecular formula is C21H21F3N6O5. The lowest BCUT2D eigenvalue weighted by Gasteiger charge is -2.10. The van der Waals surface area contributed by atoms with E-state index in [0.29, 0.717) is 29.4 Å². The third-order valence-corrected chi connectivity index (χ3v) is 4.13. The average molecular weight is 494 g/mol. The molecule has 1 heterocycles. The minimum Gasteiger partial charge on any atom is -0.497 e. The number of rotatable bonds is 7. The smallest absolute Gasteiger partial charge is 0.490 e. The van der Waals surface area contributed by atoms with Gasteiger partial charge >= 0.3 is 18.2 Å². The first-order valence-electron chi connectivity index (χ1n) is 9.68. The Kier molecular flexibility index (Phi) is 9.03. The predicted octanol–water partition coefficient (Wildman–Crippen LogP) is 3.41. The van der Waals surface area contributed by atoms with Crippen LogP contribution in [0.5, 0.6) is 5.75 Å². The molecule has 3 amide bonds. The van der Waals surface area contributed by atoms with Gasteiger partial charge in [-0.3, -0.25) is 9.89 Å². The van der Waals surface area contributed by atoms with E-state index in [2.05, 4.69) is 26.1 Å². The zero-order valence-corrected chi connectivity index (χ0v) is 18.1. The summed E-state index contributed by atoms with van der Waals surface area (Å²) in [5, 5.41) is 22.1. The molecule has 3 aromatic rings. The number of primary amides is 1. The summed E-state index contributed by atoms with van der Waals surface area (Å²) in [6.45, 7) is 0.426. The molecule has 14 heteroatoms. The van der Waals surface area contributed by atoms with Gasteiger partial charge in [-0.25, -0.2) is 9.59 Å². The van der Waals surface area contributed by atoms with Crippen molar-refractivity contribution in [1.29, 1.82) is 0 Å². The number of methoxy groups -OCH3 is 1. The number of amides is 3. The number of aliphatic carboxylic acids is 1. The van der Waals surface area contributed by atoms with Crippen molar-refractivity contribution >= 4 is 35.0 Å². The SMILES string of the molecule is COc1ccc(NC(=O)Nc2cccc(CNc3c[nH]nc3C(N)=O)c2)cc1.O=C(O)C(F)(F)F. The van der Waals surface area contributed by atoms with Gasteiger partial charge in [0, 0.05) is 24.1 Å². The highest BCUT2D eigenvalue weighted by molar-refractivity contribution is 5.99. The zero-order valence-electron chi connectivity index (χ0n) is 18.1. The summed E-state index contributed by atoms with van der Waals surface area (Å²) < 4.78 is 36.8. The molecule has 7 N–H and O–H groups in total. The lowest BCUT2D eigenvalue weighted by Crippen LogP contribution is -2.21. The molecule has 186 valence electrons. The number of aromatic amines is 1. The zero-order chi connectivity index (χ0) is 26.0. The lowest BCUT2D eigenvalue weighted by molar-refractivity contribution is -0.192. The number of carbonyl (C=O) groups is 3. The number of hydrogen-bond acceptors (Lipinski definition) is 6. The van der Waals surface area contributed by atoms with Crippen LogP contribution in [-0.4, -0.2) is 46.5 Å². The van der Waals surface area contributed by atoms with Crippen molar-refractivity contribution in [1.82, 2.24) is 10.2 Å². The fourth-order valence-corrected chi connectivity index (χ4v) is 2.54. The van der Waals surface area contributed by atoms with Crippen molar-refractivity contribution in [3.05, 3.63) is 66.0 Å². The quantitative estimate of drug-likeness (QED) is 0.292. The van der Waals surface area contributed by atoms with Crippen molar-refractivity contribution < 1.29 is 37.4 Å². The van der Waals surface area contributed by atoms with Gasteiger partial charge in [0.2, 0.25) is 0 Å². The van der Waals surface area contributed by atoms with Crippen LogP contribution in [0.2, 0.25) is 0 Å². The number of nitrogens with one attached hydrogen (secondary N) is 4. The number of H-pyrrole nitrogens is 1. The van der Waals surface area contributed by atoms with Gasteiger partial charge in [0.15, 0.2) is 5.69 Å². The van der Waals surface area contributed by atoms with Crippen LogP contribution in [0.1, 0.15) is 16.1 Å². The van der Waals surface area contributed by atoms with Crippen molar-refractivity contribution in [2.24, 2.45) is 5.73 Å². The van der Waals surface area contributed by atoms with Crippen molar-refractivity contribution in [2.45, 2.75) is 12.7 Å². The first-order chi connectivity index (χ1) is 16.5. The number of aromatic nitrogens is 2. The molecule has 0 saturated heterocycles. The van der Waals surface area contributed by atoms with Crippen LogP contribution in [0.25, 0.3) is 0 Å². The van der Waals surface area contributed by atoms with Gasteiger partial charge in [-0.1, -0.05) is 12.1 Å². The molecule has 2 aromatic carbocycles. The van der Waals surface area contributed by atoms with Crippen LogP contribution in [0, 0.1) is 0 Å². The average Bonchev–Trinajstić information content (AvgIpc) is 3.27. The van der Waals surface area contributed by atoms with Crippen LogP contribution in [0.3, 0.4) is 0 Å². The Morgan fingerprint density at radius 1 is 1.09 bits per heavy atom. The molecule has 0 aliphatic rings. The van der Waals surface area contributed by atoms with Gasteiger partial charge in [0.1, 0.15) is 5.75 Å². The molecule has 0 unspecified atom stereocenters. The van der Waals surface area contributed by atoms with Gasteiger partial charge in [0.05, 0.1) is 12.8 Å². The molecule has 0 fully saturated rings. The summed E-state index contributed by atoms with van der Waals surface area (Å²) in [6, 6.07) is 14.0. The molecule has 0 spiro atoms. The van der Waals surface area contributed by atoms with Gasteiger partial charge in [-0.2, -0.15) is 18.3 Å². The number of carboxylic acid groups (broad SMARTS) is 1. The Morgan fingerprint density at radius 3 is 2.29 bits per heavy atom. The lowest BCUT2D eigenvalue weighted by atomic mass is 10.2. The normalized spacial score (nSPS) is 10.4. The number of benzene rings is 2. The first-order valence-corrected chi connectivity index (χ1v) is 9.68. The number of urea groups is 1. The van der Waals surface area contributed by atoms with E-state index in [1.165, 1.54) is 0 Å². The summed E-state index contributed by atoms with van der Waals surface area (Å²) in [6.07, 6.45) is -3.52.